The van der Waals surface area contributed by atoms with E-state index in [1.807, 2.05) is 0 Å². The number of ether oxygens (including phenoxy) is 1. The number of hydrogen-bond donors (Lipinski definition) is 2. The zero-order valence-corrected chi connectivity index (χ0v) is 11.9. The van der Waals surface area contributed by atoms with Gasteiger partial charge in [-0.25, -0.2) is 0 Å². The molecule has 0 bridgehead atoms. The molecular weight excluding hydrogens is 240 g/mol. The van der Waals surface area contributed by atoms with Gasteiger partial charge in [0.05, 0.1) is 6.61 Å². The highest BCUT2D eigenvalue weighted by Crippen LogP contribution is 2.04. The van der Waals surface area contributed by atoms with Crippen LogP contribution in [-0.2, 0) is 22.5 Å². The SMILES string of the molecule is CCc1ccc(CNCCC(=O)NCCOC)cc1. The molecule has 4 nitrogen and oxygen atoms in total. The molecule has 0 aliphatic rings. The molecule has 0 aliphatic carbocycles. The number of amides is 1. The van der Waals surface area contributed by atoms with Crippen molar-refractivity contribution in [3.8, 4) is 0 Å². The summed E-state index contributed by atoms with van der Waals surface area (Å²) >= 11 is 0. The first-order valence-corrected chi connectivity index (χ1v) is 6.80. The largest absolute Gasteiger partial charge is 0.383 e. The number of hydrogen-bond acceptors (Lipinski definition) is 3. The summed E-state index contributed by atoms with van der Waals surface area (Å²) in [5.41, 5.74) is 2.60. The first-order valence-electron chi connectivity index (χ1n) is 6.80. The third-order valence-electron chi connectivity index (χ3n) is 2.92. The molecule has 2 N–H and O–H groups in total. The Kier molecular flexibility index (Phi) is 7.86. The van der Waals surface area contributed by atoms with Crippen LogP contribution in [0.4, 0.5) is 0 Å². The summed E-state index contributed by atoms with van der Waals surface area (Å²) in [4.78, 5) is 11.4. The third-order valence-corrected chi connectivity index (χ3v) is 2.92. The molecule has 19 heavy (non-hydrogen) atoms. The molecule has 0 fully saturated rings. The van der Waals surface area contributed by atoms with Crippen LogP contribution in [0.2, 0.25) is 0 Å². The third kappa shape index (κ3) is 6.94. The maximum atomic E-state index is 11.4. The van der Waals surface area contributed by atoms with Crippen LogP contribution in [0.25, 0.3) is 0 Å². The summed E-state index contributed by atoms with van der Waals surface area (Å²) in [5, 5.41) is 6.06. The van der Waals surface area contributed by atoms with Crippen LogP contribution in [0.5, 0.6) is 0 Å². The Morgan fingerprint density at radius 2 is 1.84 bits per heavy atom. The molecule has 0 saturated heterocycles. The van der Waals surface area contributed by atoms with Gasteiger partial charge in [-0.05, 0) is 17.5 Å². The lowest BCUT2D eigenvalue weighted by molar-refractivity contribution is -0.121. The van der Waals surface area contributed by atoms with Gasteiger partial charge in [0.2, 0.25) is 5.91 Å². The van der Waals surface area contributed by atoms with Gasteiger partial charge in [-0.1, -0.05) is 31.2 Å². The number of nitrogens with one attached hydrogen (secondary N) is 2. The van der Waals surface area contributed by atoms with E-state index in [4.69, 9.17) is 4.74 Å². The Balaban J connectivity index is 2.11. The average molecular weight is 264 g/mol. The van der Waals surface area contributed by atoms with Gasteiger partial charge in [0.25, 0.3) is 0 Å². The molecule has 0 heterocycles. The number of aryl methyl sites for hydroxylation is 1. The maximum Gasteiger partial charge on any atom is 0.221 e. The number of benzene rings is 1. The molecule has 1 amide bonds. The molecule has 0 spiro atoms. The Labute approximate surface area is 115 Å². The van der Waals surface area contributed by atoms with Crippen LogP contribution in [-0.4, -0.2) is 32.7 Å². The molecular formula is C15H24N2O2. The lowest BCUT2D eigenvalue weighted by Gasteiger charge is -2.07. The van der Waals surface area contributed by atoms with Crippen LogP contribution in [0.15, 0.2) is 24.3 Å². The van der Waals surface area contributed by atoms with Crippen LogP contribution < -0.4 is 10.6 Å². The lowest BCUT2D eigenvalue weighted by Crippen LogP contribution is -2.29. The smallest absolute Gasteiger partial charge is 0.221 e. The summed E-state index contributed by atoms with van der Waals surface area (Å²) in [6, 6.07) is 8.55. The number of carbonyl (C=O) groups is 1. The number of rotatable bonds is 9. The summed E-state index contributed by atoms with van der Waals surface area (Å²) < 4.78 is 4.86. The minimum absolute atomic E-state index is 0.0610. The molecule has 0 saturated carbocycles. The summed E-state index contributed by atoms with van der Waals surface area (Å²) in [7, 11) is 1.62. The topological polar surface area (TPSA) is 50.4 Å². The van der Waals surface area contributed by atoms with E-state index in [1.54, 1.807) is 7.11 Å². The summed E-state index contributed by atoms with van der Waals surface area (Å²) in [6.07, 6.45) is 1.56. The van der Waals surface area contributed by atoms with Gasteiger partial charge in [-0.15, -0.1) is 0 Å². The first kappa shape index (κ1) is 15.7. The fourth-order valence-electron chi connectivity index (χ4n) is 1.71. The standard InChI is InChI=1S/C15H24N2O2/c1-3-13-4-6-14(7-5-13)12-16-9-8-15(18)17-10-11-19-2/h4-7,16H,3,8-12H2,1-2H3,(H,17,18). The van der Waals surface area contributed by atoms with Gasteiger partial charge in [-0.3, -0.25) is 4.79 Å². The van der Waals surface area contributed by atoms with E-state index in [0.29, 0.717) is 26.1 Å². The maximum absolute atomic E-state index is 11.4. The van der Waals surface area contributed by atoms with Crippen molar-refractivity contribution in [1.82, 2.24) is 10.6 Å². The Morgan fingerprint density at radius 1 is 1.16 bits per heavy atom. The number of carbonyl (C=O) groups excluding carboxylic acids is 1. The predicted molar refractivity (Wildman–Crippen MR) is 77.0 cm³/mol. The quantitative estimate of drug-likeness (QED) is 0.664. The molecule has 106 valence electrons. The minimum atomic E-state index is 0.0610. The number of methoxy groups -OCH3 is 1. The fraction of sp³-hybridized carbons (Fsp3) is 0.533. The van der Waals surface area contributed by atoms with Crippen LogP contribution >= 0.6 is 0 Å². The van der Waals surface area contributed by atoms with E-state index in [-0.39, 0.29) is 5.91 Å². The first-order chi connectivity index (χ1) is 9.26. The van der Waals surface area contributed by atoms with Crippen molar-refractivity contribution in [3.63, 3.8) is 0 Å². The van der Waals surface area contributed by atoms with Crippen molar-refractivity contribution in [3.05, 3.63) is 35.4 Å². The van der Waals surface area contributed by atoms with E-state index in [9.17, 15) is 4.79 Å². The highest BCUT2D eigenvalue weighted by molar-refractivity contribution is 5.75. The van der Waals surface area contributed by atoms with Crippen molar-refractivity contribution < 1.29 is 9.53 Å². The molecule has 1 aromatic rings. The van der Waals surface area contributed by atoms with Crippen molar-refractivity contribution in [2.45, 2.75) is 26.3 Å². The van der Waals surface area contributed by atoms with E-state index in [0.717, 1.165) is 13.0 Å². The van der Waals surface area contributed by atoms with Crippen molar-refractivity contribution in [2.75, 3.05) is 26.8 Å². The molecule has 0 radical (unpaired) electrons. The Morgan fingerprint density at radius 3 is 2.47 bits per heavy atom. The Bertz CT molecular complexity index is 363. The Hall–Kier alpha value is -1.39. The molecule has 1 rings (SSSR count). The second-order valence-electron chi connectivity index (χ2n) is 4.44. The lowest BCUT2D eigenvalue weighted by atomic mass is 10.1. The molecule has 0 aliphatic heterocycles. The monoisotopic (exact) mass is 264 g/mol. The van der Waals surface area contributed by atoms with Crippen molar-refractivity contribution in [1.29, 1.82) is 0 Å². The fourth-order valence-corrected chi connectivity index (χ4v) is 1.71. The zero-order chi connectivity index (χ0) is 13.9. The average Bonchev–Trinajstić information content (AvgIpc) is 2.44. The van der Waals surface area contributed by atoms with E-state index in [2.05, 4.69) is 41.8 Å². The van der Waals surface area contributed by atoms with Gasteiger partial charge in [0.15, 0.2) is 0 Å². The van der Waals surface area contributed by atoms with Crippen LogP contribution in [0.1, 0.15) is 24.5 Å². The molecule has 4 heteroatoms. The van der Waals surface area contributed by atoms with E-state index < -0.39 is 0 Å². The predicted octanol–water partition coefficient (Wildman–Crippen LogP) is 1.49. The van der Waals surface area contributed by atoms with Crippen molar-refractivity contribution in [2.24, 2.45) is 0 Å². The molecule has 0 aromatic heterocycles. The van der Waals surface area contributed by atoms with Crippen molar-refractivity contribution >= 4 is 5.91 Å². The van der Waals surface area contributed by atoms with Gasteiger partial charge >= 0.3 is 0 Å². The molecule has 0 unspecified atom stereocenters. The van der Waals surface area contributed by atoms with E-state index in [1.165, 1.54) is 11.1 Å². The van der Waals surface area contributed by atoms with Crippen LogP contribution in [0, 0.1) is 0 Å². The highest BCUT2D eigenvalue weighted by atomic mass is 16.5. The molecule has 1 aromatic carbocycles. The van der Waals surface area contributed by atoms with Gasteiger partial charge in [0, 0.05) is 33.2 Å². The second-order valence-corrected chi connectivity index (χ2v) is 4.44. The molecule has 0 atom stereocenters. The normalized spacial score (nSPS) is 10.4. The van der Waals surface area contributed by atoms with Gasteiger partial charge in [0.1, 0.15) is 0 Å². The summed E-state index contributed by atoms with van der Waals surface area (Å²) in [5.74, 6) is 0.0610. The zero-order valence-electron chi connectivity index (χ0n) is 11.9. The summed E-state index contributed by atoms with van der Waals surface area (Å²) in [6.45, 7) is 4.77. The van der Waals surface area contributed by atoms with Crippen LogP contribution in [0.3, 0.4) is 0 Å². The minimum Gasteiger partial charge on any atom is -0.383 e. The van der Waals surface area contributed by atoms with E-state index >= 15 is 0 Å². The second kappa shape index (κ2) is 9.53. The van der Waals surface area contributed by atoms with Gasteiger partial charge in [-0.2, -0.15) is 0 Å². The highest BCUT2D eigenvalue weighted by Gasteiger charge is 2.00. The van der Waals surface area contributed by atoms with Gasteiger partial charge < -0.3 is 15.4 Å².